The molecule has 0 aliphatic carbocycles. The lowest BCUT2D eigenvalue weighted by atomic mass is 9.92. The van der Waals surface area contributed by atoms with Crippen molar-refractivity contribution in [2.45, 2.75) is 26.2 Å². The monoisotopic (exact) mass is 360 g/mol. The molecule has 1 amide bonds. The lowest BCUT2D eigenvalue weighted by Crippen LogP contribution is -2.49. The van der Waals surface area contributed by atoms with Crippen LogP contribution >= 0.6 is 0 Å². The number of hydrogen-bond donors (Lipinski definition) is 1. The molecule has 3 rings (SSSR count). The van der Waals surface area contributed by atoms with Gasteiger partial charge in [-0.05, 0) is 37.4 Å². The van der Waals surface area contributed by atoms with Gasteiger partial charge >= 0.3 is 5.97 Å². The number of aromatic nitrogens is 1. The summed E-state index contributed by atoms with van der Waals surface area (Å²) in [5.74, 6) is -0.296. The van der Waals surface area contributed by atoms with Crippen LogP contribution in [0.15, 0.2) is 18.3 Å². The summed E-state index contributed by atoms with van der Waals surface area (Å²) >= 11 is 0. The number of anilines is 1. The van der Waals surface area contributed by atoms with Gasteiger partial charge in [0.05, 0.1) is 0 Å². The third kappa shape index (κ3) is 4.52. The smallest absolute Gasteiger partial charge is 0.354 e. The van der Waals surface area contributed by atoms with E-state index < -0.39 is 5.97 Å². The summed E-state index contributed by atoms with van der Waals surface area (Å²) in [4.78, 5) is 34.1. The van der Waals surface area contributed by atoms with Gasteiger partial charge in [0.15, 0.2) is 0 Å². The van der Waals surface area contributed by atoms with Gasteiger partial charge in [0, 0.05) is 57.6 Å². The molecule has 0 spiro atoms. The Morgan fingerprint density at radius 1 is 1.15 bits per heavy atom. The lowest BCUT2D eigenvalue weighted by molar-refractivity contribution is -0.134. The highest BCUT2D eigenvalue weighted by Gasteiger charge is 2.26. The number of piperazine rings is 1. The van der Waals surface area contributed by atoms with Gasteiger partial charge in [-0.3, -0.25) is 4.79 Å². The maximum Gasteiger partial charge on any atom is 0.354 e. The second-order valence-corrected chi connectivity index (χ2v) is 7.15. The summed E-state index contributed by atoms with van der Waals surface area (Å²) < 4.78 is 0. The number of nitrogens with zero attached hydrogens (tertiary/aromatic N) is 4. The van der Waals surface area contributed by atoms with Gasteiger partial charge in [0.1, 0.15) is 5.69 Å². The predicted molar refractivity (Wildman–Crippen MR) is 99.4 cm³/mol. The molecule has 2 aliphatic heterocycles. The molecule has 3 heterocycles. The van der Waals surface area contributed by atoms with Crippen molar-refractivity contribution in [3.8, 4) is 0 Å². The number of carboxylic acids is 1. The number of carboxylic acid groups (broad SMARTS) is 1. The molecule has 2 fully saturated rings. The number of carbonyl (C=O) groups is 2. The number of piperidine rings is 1. The Hall–Kier alpha value is -2.15. The van der Waals surface area contributed by atoms with Gasteiger partial charge in [-0.15, -0.1) is 0 Å². The van der Waals surface area contributed by atoms with Crippen LogP contribution in [-0.4, -0.2) is 77.6 Å². The first kappa shape index (κ1) is 18.6. The van der Waals surface area contributed by atoms with Gasteiger partial charge in [-0.1, -0.05) is 6.92 Å². The van der Waals surface area contributed by atoms with Gasteiger partial charge in [0.2, 0.25) is 5.91 Å². The number of aromatic carboxylic acids is 1. The number of hydrogen-bond acceptors (Lipinski definition) is 5. The normalized spacial score (nSPS) is 19.6. The van der Waals surface area contributed by atoms with Crippen molar-refractivity contribution in [3.63, 3.8) is 0 Å². The van der Waals surface area contributed by atoms with E-state index in [9.17, 15) is 9.59 Å². The molecule has 2 saturated heterocycles. The number of amides is 1. The van der Waals surface area contributed by atoms with Crippen LogP contribution in [-0.2, 0) is 4.79 Å². The molecule has 0 unspecified atom stereocenters. The van der Waals surface area contributed by atoms with Crippen LogP contribution in [0.1, 0.15) is 36.7 Å². The van der Waals surface area contributed by atoms with Crippen molar-refractivity contribution in [2.24, 2.45) is 5.92 Å². The highest BCUT2D eigenvalue weighted by atomic mass is 16.4. The summed E-state index contributed by atoms with van der Waals surface area (Å²) in [5, 5.41) is 9.08. The molecule has 0 radical (unpaired) electrons. The van der Waals surface area contributed by atoms with Gasteiger partial charge in [0.25, 0.3) is 0 Å². The number of pyridine rings is 1. The summed E-state index contributed by atoms with van der Waals surface area (Å²) in [6.45, 7) is 8.58. The van der Waals surface area contributed by atoms with E-state index in [1.165, 1.54) is 0 Å². The van der Waals surface area contributed by atoms with Crippen LogP contribution in [0.25, 0.3) is 0 Å². The molecular weight excluding hydrogens is 332 g/mol. The van der Waals surface area contributed by atoms with Crippen LogP contribution in [0, 0.1) is 5.92 Å². The Morgan fingerprint density at radius 2 is 1.85 bits per heavy atom. The fraction of sp³-hybridized carbons (Fsp3) is 0.632. The fourth-order valence-corrected chi connectivity index (χ4v) is 3.82. The highest BCUT2D eigenvalue weighted by molar-refractivity contribution is 5.86. The van der Waals surface area contributed by atoms with E-state index in [1.54, 1.807) is 12.3 Å². The number of carbonyl (C=O) groups excluding carboxylic acids is 1. The molecule has 142 valence electrons. The van der Waals surface area contributed by atoms with Gasteiger partial charge in [-0.25, -0.2) is 9.78 Å². The van der Waals surface area contributed by atoms with Crippen molar-refractivity contribution in [1.29, 1.82) is 0 Å². The lowest BCUT2D eigenvalue weighted by Gasteiger charge is -2.37. The Labute approximate surface area is 154 Å². The summed E-state index contributed by atoms with van der Waals surface area (Å²) in [5.41, 5.74) is 0.976. The van der Waals surface area contributed by atoms with Crippen molar-refractivity contribution >= 4 is 17.6 Å². The van der Waals surface area contributed by atoms with E-state index in [0.29, 0.717) is 12.3 Å². The standard InChI is InChI=1S/C19H28N4O3/c1-2-21-9-11-23(12-10-21)18(24)13-15-4-7-22(8-5-15)16-3-6-20-17(14-16)19(25)26/h3,6,14-15H,2,4-5,7-13H2,1H3,(H,25,26). The van der Waals surface area contributed by atoms with Crippen molar-refractivity contribution in [3.05, 3.63) is 24.0 Å². The third-order valence-electron chi connectivity index (χ3n) is 5.58. The molecular formula is C19H28N4O3. The molecule has 1 N–H and O–H groups in total. The second kappa shape index (κ2) is 8.49. The van der Waals surface area contributed by atoms with Crippen LogP contribution < -0.4 is 4.90 Å². The molecule has 0 aromatic carbocycles. The van der Waals surface area contributed by atoms with E-state index in [-0.39, 0.29) is 11.6 Å². The second-order valence-electron chi connectivity index (χ2n) is 7.15. The zero-order valence-electron chi connectivity index (χ0n) is 15.4. The Morgan fingerprint density at radius 3 is 2.46 bits per heavy atom. The Bertz CT molecular complexity index is 635. The van der Waals surface area contributed by atoms with Crippen molar-refractivity contribution in [1.82, 2.24) is 14.8 Å². The van der Waals surface area contributed by atoms with Crippen LogP contribution in [0.3, 0.4) is 0 Å². The zero-order valence-corrected chi connectivity index (χ0v) is 15.4. The number of likely N-dealkylation sites (N-methyl/N-ethyl adjacent to an activating group) is 1. The SMILES string of the molecule is CCN1CCN(C(=O)CC2CCN(c3ccnc(C(=O)O)c3)CC2)CC1. The van der Waals surface area contributed by atoms with E-state index >= 15 is 0 Å². The maximum atomic E-state index is 12.6. The first-order valence-electron chi connectivity index (χ1n) is 9.51. The van der Waals surface area contributed by atoms with Gasteiger partial charge in [-0.2, -0.15) is 0 Å². The molecule has 0 atom stereocenters. The minimum Gasteiger partial charge on any atom is -0.477 e. The molecule has 0 saturated carbocycles. The molecule has 0 bridgehead atoms. The summed E-state index contributed by atoms with van der Waals surface area (Å²) in [7, 11) is 0. The fourth-order valence-electron chi connectivity index (χ4n) is 3.82. The zero-order chi connectivity index (χ0) is 18.5. The van der Waals surface area contributed by atoms with E-state index in [4.69, 9.17) is 5.11 Å². The minimum absolute atomic E-state index is 0.0750. The van der Waals surface area contributed by atoms with E-state index in [2.05, 4.69) is 21.7 Å². The van der Waals surface area contributed by atoms with Crippen molar-refractivity contribution in [2.75, 3.05) is 50.7 Å². The van der Waals surface area contributed by atoms with Gasteiger partial charge < -0.3 is 19.8 Å². The van der Waals surface area contributed by atoms with Crippen molar-refractivity contribution < 1.29 is 14.7 Å². The predicted octanol–water partition coefficient (Wildman–Crippen LogP) is 1.55. The topological polar surface area (TPSA) is 77.0 Å². The van der Waals surface area contributed by atoms with E-state index in [0.717, 1.165) is 64.3 Å². The molecule has 2 aliphatic rings. The Kier molecular flexibility index (Phi) is 6.08. The highest BCUT2D eigenvalue weighted by Crippen LogP contribution is 2.26. The van der Waals surface area contributed by atoms with Crippen LogP contribution in [0.5, 0.6) is 0 Å². The molecule has 7 heteroatoms. The average Bonchev–Trinajstić information content (AvgIpc) is 2.68. The third-order valence-corrected chi connectivity index (χ3v) is 5.58. The Balaban J connectivity index is 1.47. The molecule has 26 heavy (non-hydrogen) atoms. The first-order chi connectivity index (χ1) is 12.6. The summed E-state index contributed by atoms with van der Waals surface area (Å²) in [6, 6.07) is 3.48. The molecule has 1 aromatic rings. The van der Waals surface area contributed by atoms with E-state index in [1.807, 2.05) is 11.0 Å². The average molecular weight is 360 g/mol. The molecule has 7 nitrogen and oxygen atoms in total. The maximum absolute atomic E-state index is 12.6. The minimum atomic E-state index is -1.00. The first-order valence-corrected chi connectivity index (χ1v) is 9.51. The summed E-state index contributed by atoms with van der Waals surface area (Å²) in [6.07, 6.45) is 4.11. The van der Waals surface area contributed by atoms with Crippen LogP contribution in [0.2, 0.25) is 0 Å². The quantitative estimate of drug-likeness (QED) is 0.859. The largest absolute Gasteiger partial charge is 0.477 e. The number of rotatable bonds is 5. The molecule has 1 aromatic heterocycles. The van der Waals surface area contributed by atoms with Crippen LogP contribution in [0.4, 0.5) is 5.69 Å².